The Kier molecular flexibility index (Phi) is 6.11. The zero-order valence-electron chi connectivity index (χ0n) is 5.87. The normalized spacial score (nSPS) is 9.70. The van der Waals surface area contributed by atoms with E-state index < -0.39 is 5.97 Å². The average molecular weight is 147 g/mol. The Hall–Kier alpha value is -0.610. The Balaban J connectivity index is 2.84. The molecule has 0 aliphatic carbocycles. The van der Waals surface area contributed by atoms with Crippen LogP contribution in [-0.4, -0.2) is 31.6 Å². The fourth-order valence-electron chi connectivity index (χ4n) is 0.408. The van der Waals surface area contributed by atoms with Gasteiger partial charge in [0.15, 0.2) is 0 Å². The van der Waals surface area contributed by atoms with E-state index in [-0.39, 0.29) is 6.79 Å². The van der Waals surface area contributed by atoms with Gasteiger partial charge >= 0.3 is 5.97 Å². The van der Waals surface area contributed by atoms with Crippen LogP contribution < -0.4 is 0 Å². The van der Waals surface area contributed by atoms with Gasteiger partial charge in [-0.2, -0.15) is 0 Å². The van der Waals surface area contributed by atoms with E-state index in [1.54, 1.807) is 0 Å². The molecule has 0 rings (SSSR count). The molecule has 0 amide bonds. The lowest BCUT2D eigenvalue weighted by molar-refractivity contribution is -0.133. The topological polar surface area (TPSA) is 55.8 Å². The second-order valence-electron chi connectivity index (χ2n) is 1.65. The predicted molar refractivity (Wildman–Crippen MR) is 34.4 cm³/mol. The monoisotopic (exact) mass is 147 g/mol. The summed E-state index contributed by atoms with van der Waals surface area (Å²) >= 11 is 0. The average Bonchev–Trinajstić information content (AvgIpc) is 1.87. The van der Waals surface area contributed by atoms with E-state index >= 15 is 0 Å². The van der Waals surface area contributed by atoms with Crippen LogP contribution in [0, 0.1) is 6.42 Å². The summed E-state index contributed by atoms with van der Waals surface area (Å²) in [5.41, 5.74) is 0. The minimum atomic E-state index is -0.916. The molecule has 0 saturated heterocycles. The van der Waals surface area contributed by atoms with E-state index in [9.17, 15) is 4.79 Å². The molecule has 0 spiro atoms. The molecule has 0 heterocycles. The van der Waals surface area contributed by atoms with Crippen LogP contribution in [0.3, 0.4) is 0 Å². The van der Waals surface area contributed by atoms with Crippen LogP contribution in [-0.2, 0) is 14.3 Å². The Bertz CT molecular complexity index is 91.7. The van der Waals surface area contributed by atoms with Crippen molar-refractivity contribution in [1.29, 1.82) is 0 Å². The molecule has 0 aliphatic rings. The van der Waals surface area contributed by atoms with Gasteiger partial charge in [-0.15, -0.1) is 0 Å². The van der Waals surface area contributed by atoms with E-state index in [1.807, 2.05) is 0 Å². The zero-order chi connectivity index (χ0) is 7.82. The predicted octanol–water partition coefficient (Wildman–Crippen LogP) is 0.286. The van der Waals surface area contributed by atoms with E-state index in [0.29, 0.717) is 13.0 Å². The minimum absolute atomic E-state index is 0.216. The van der Waals surface area contributed by atoms with Gasteiger partial charge in [-0.05, 0) is 6.42 Å². The lowest BCUT2D eigenvalue weighted by atomic mass is 10.3. The Morgan fingerprint density at radius 2 is 2.40 bits per heavy atom. The van der Waals surface area contributed by atoms with E-state index in [0.717, 1.165) is 6.42 Å². The summed E-state index contributed by atoms with van der Waals surface area (Å²) in [4.78, 5) is 9.89. The first kappa shape index (κ1) is 9.39. The van der Waals surface area contributed by atoms with Gasteiger partial charge in [-0.1, -0.05) is 0 Å². The molecule has 0 atom stereocenters. The van der Waals surface area contributed by atoms with E-state index in [2.05, 4.69) is 4.74 Å². The molecule has 0 bridgehead atoms. The molecule has 0 aromatic rings. The van der Waals surface area contributed by atoms with Crippen molar-refractivity contribution in [3.63, 3.8) is 0 Å². The van der Waals surface area contributed by atoms with Crippen molar-refractivity contribution in [3.05, 3.63) is 6.42 Å². The number of rotatable bonds is 6. The highest BCUT2D eigenvalue weighted by Crippen LogP contribution is 1.87. The van der Waals surface area contributed by atoms with Crippen molar-refractivity contribution in [3.8, 4) is 0 Å². The summed E-state index contributed by atoms with van der Waals surface area (Å²) in [5.74, 6) is -0.916. The number of hydrogen-bond acceptors (Lipinski definition) is 3. The maximum Gasteiger partial charge on any atom is 0.307 e. The van der Waals surface area contributed by atoms with Gasteiger partial charge in [0.2, 0.25) is 0 Å². The lowest BCUT2D eigenvalue weighted by Gasteiger charge is -1.98. The molecule has 1 radical (unpaired) electrons. The standard InChI is InChI=1S/C6H11O4/c1-9-5-10-4-2-3-6(7)8/h3H,2,4-5H2,1H3,(H,7,8). The SMILES string of the molecule is COCOCC[CH]C(=O)O. The summed E-state index contributed by atoms with van der Waals surface area (Å²) in [7, 11) is 1.51. The van der Waals surface area contributed by atoms with E-state index in [4.69, 9.17) is 9.84 Å². The van der Waals surface area contributed by atoms with Crippen LogP contribution in [0.25, 0.3) is 0 Å². The van der Waals surface area contributed by atoms with E-state index in [1.165, 1.54) is 7.11 Å². The summed E-state index contributed by atoms with van der Waals surface area (Å²) in [6, 6.07) is 0. The highest BCUT2D eigenvalue weighted by molar-refractivity contribution is 5.76. The van der Waals surface area contributed by atoms with Crippen molar-refractivity contribution >= 4 is 5.97 Å². The van der Waals surface area contributed by atoms with Gasteiger partial charge in [-0.3, -0.25) is 4.79 Å². The molecule has 0 fully saturated rings. The fourth-order valence-corrected chi connectivity index (χ4v) is 0.408. The Morgan fingerprint density at radius 3 is 2.90 bits per heavy atom. The van der Waals surface area contributed by atoms with Crippen LogP contribution in [0.2, 0.25) is 0 Å². The third kappa shape index (κ3) is 7.39. The number of ether oxygens (including phenoxy) is 2. The minimum Gasteiger partial charge on any atom is -0.481 e. The molecule has 4 heteroatoms. The number of carboxylic acids is 1. The van der Waals surface area contributed by atoms with Crippen LogP contribution in [0.1, 0.15) is 6.42 Å². The van der Waals surface area contributed by atoms with Gasteiger partial charge in [0.05, 0.1) is 13.0 Å². The van der Waals surface area contributed by atoms with Crippen molar-refractivity contribution in [2.75, 3.05) is 20.5 Å². The zero-order valence-corrected chi connectivity index (χ0v) is 5.87. The highest BCUT2D eigenvalue weighted by Gasteiger charge is 1.95. The summed E-state index contributed by atoms with van der Waals surface area (Å²) in [6.07, 6.45) is 1.56. The Morgan fingerprint density at radius 1 is 1.70 bits per heavy atom. The number of methoxy groups -OCH3 is 1. The number of hydrogen-bond donors (Lipinski definition) is 1. The molecule has 0 aromatic carbocycles. The van der Waals surface area contributed by atoms with Gasteiger partial charge < -0.3 is 14.6 Å². The van der Waals surface area contributed by atoms with Crippen LogP contribution in [0.15, 0.2) is 0 Å². The lowest BCUT2D eigenvalue weighted by Crippen LogP contribution is -2.02. The smallest absolute Gasteiger partial charge is 0.307 e. The van der Waals surface area contributed by atoms with Gasteiger partial charge in [0, 0.05) is 7.11 Å². The second-order valence-corrected chi connectivity index (χ2v) is 1.65. The van der Waals surface area contributed by atoms with Gasteiger partial charge in [0.1, 0.15) is 6.79 Å². The Labute approximate surface area is 59.7 Å². The molecular weight excluding hydrogens is 136 g/mol. The van der Waals surface area contributed by atoms with Crippen LogP contribution in [0.5, 0.6) is 0 Å². The first-order chi connectivity index (χ1) is 4.77. The molecular formula is C6H11O4. The summed E-state index contributed by atoms with van der Waals surface area (Å²) in [6.45, 7) is 0.605. The third-order valence-corrected chi connectivity index (χ3v) is 0.782. The van der Waals surface area contributed by atoms with Gasteiger partial charge in [-0.25, -0.2) is 0 Å². The number of carbonyl (C=O) groups is 1. The highest BCUT2D eigenvalue weighted by atomic mass is 16.7. The van der Waals surface area contributed by atoms with Crippen molar-refractivity contribution in [2.24, 2.45) is 0 Å². The molecule has 1 N–H and O–H groups in total. The third-order valence-electron chi connectivity index (χ3n) is 0.782. The maximum absolute atomic E-state index is 9.89. The van der Waals surface area contributed by atoms with Crippen LogP contribution >= 0.6 is 0 Å². The maximum atomic E-state index is 9.89. The number of aliphatic carboxylic acids is 1. The molecule has 0 unspecified atom stereocenters. The van der Waals surface area contributed by atoms with Crippen molar-refractivity contribution in [1.82, 2.24) is 0 Å². The van der Waals surface area contributed by atoms with Crippen LogP contribution in [0.4, 0.5) is 0 Å². The molecule has 10 heavy (non-hydrogen) atoms. The summed E-state index contributed by atoms with van der Waals surface area (Å²) < 4.78 is 9.38. The molecule has 0 aromatic heterocycles. The molecule has 0 saturated carbocycles. The molecule has 0 aliphatic heterocycles. The number of carboxylic acid groups (broad SMARTS) is 1. The summed E-state index contributed by atoms with van der Waals surface area (Å²) in [5, 5.41) is 8.13. The van der Waals surface area contributed by atoms with Gasteiger partial charge in [0.25, 0.3) is 0 Å². The first-order valence-electron chi connectivity index (χ1n) is 2.90. The van der Waals surface area contributed by atoms with Crippen molar-refractivity contribution in [2.45, 2.75) is 6.42 Å². The second kappa shape index (κ2) is 6.51. The first-order valence-corrected chi connectivity index (χ1v) is 2.90. The quantitative estimate of drug-likeness (QED) is 0.433. The largest absolute Gasteiger partial charge is 0.481 e. The molecule has 4 nitrogen and oxygen atoms in total. The fraction of sp³-hybridized carbons (Fsp3) is 0.667. The van der Waals surface area contributed by atoms with Crippen molar-refractivity contribution < 1.29 is 19.4 Å². The molecule has 59 valence electrons.